The Labute approximate surface area is 153 Å². The molecule has 0 amide bonds. The van der Waals surface area contributed by atoms with Crippen LogP contribution in [0.3, 0.4) is 0 Å². The third-order valence-electron chi connectivity index (χ3n) is 5.37. The highest BCUT2D eigenvalue weighted by Crippen LogP contribution is 2.32. The van der Waals surface area contributed by atoms with E-state index in [0.29, 0.717) is 11.5 Å². The van der Waals surface area contributed by atoms with E-state index >= 15 is 0 Å². The molecule has 0 atom stereocenters. The third kappa shape index (κ3) is 7.07. The smallest absolute Gasteiger partial charge is 0.139 e. The van der Waals surface area contributed by atoms with Crippen LogP contribution in [0.25, 0.3) is 0 Å². The van der Waals surface area contributed by atoms with Crippen LogP contribution in [-0.2, 0) is 6.42 Å². The van der Waals surface area contributed by atoms with Gasteiger partial charge in [0.05, 0.1) is 5.56 Å². The molecule has 0 N–H and O–H groups in total. The van der Waals surface area contributed by atoms with E-state index in [4.69, 9.17) is 0 Å². The predicted molar refractivity (Wildman–Crippen MR) is 106 cm³/mol. The van der Waals surface area contributed by atoms with E-state index in [1.165, 1.54) is 44.9 Å². The maximum atomic E-state index is 14.1. The van der Waals surface area contributed by atoms with Crippen molar-refractivity contribution in [3.63, 3.8) is 0 Å². The largest absolute Gasteiger partial charge is 0.206 e. The van der Waals surface area contributed by atoms with Crippen molar-refractivity contribution < 1.29 is 4.39 Å². The minimum Gasteiger partial charge on any atom is -0.206 e. The molecule has 0 saturated heterocycles. The van der Waals surface area contributed by atoms with Gasteiger partial charge >= 0.3 is 0 Å². The maximum Gasteiger partial charge on any atom is 0.139 e. The fourth-order valence-corrected chi connectivity index (χ4v) is 3.66. The second kappa shape index (κ2) is 11.1. The molecule has 0 nitrogen and oxygen atoms in total. The highest BCUT2D eigenvalue weighted by molar-refractivity contribution is 5.39. The molecule has 1 aromatic rings. The van der Waals surface area contributed by atoms with Crippen molar-refractivity contribution in [2.24, 2.45) is 11.8 Å². The Morgan fingerprint density at radius 2 is 1.84 bits per heavy atom. The van der Waals surface area contributed by atoms with Gasteiger partial charge in [-0.2, -0.15) is 0 Å². The minimum absolute atomic E-state index is 0.189. The van der Waals surface area contributed by atoms with Gasteiger partial charge in [0.1, 0.15) is 5.82 Å². The maximum absolute atomic E-state index is 14.1. The molecular formula is C24H33F. The van der Waals surface area contributed by atoms with Crippen LogP contribution in [0.15, 0.2) is 30.4 Å². The minimum atomic E-state index is -0.189. The van der Waals surface area contributed by atoms with Gasteiger partial charge in [-0.05, 0) is 74.1 Å². The van der Waals surface area contributed by atoms with Gasteiger partial charge in [-0.1, -0.05) is 63.5 Å². The van der Waals surface area contributed by atoms with Crippen LogP contribution in [0.2, 0.25) is 0 Å². The zero-order valence-electron chi connectivity index (χ0n) is 16.0. The number of unbranched alkanes of at least 4 members (excludes halogenated alkanes) is 2. The molecule has 0 aromatic heterocycles. The number of halogens is 1. The summed E-state index contributed by atoms with van der Waals surface area (Å²) in [5.74, 6) is 7.40. The lowest BCUT2D eigenvalue weighted by molar-refractivity contribution is 0.291. The van der Waals surface area contributed by atoms with Gasteiger partial charge in [0, 0.05) is 0 Å². The van der Waals surface area contributed by atoms with E-state index in [2.05, 4.69) is 31.8 Å². The van der Waals surface area contributed by atoms with Crippen LogP contribution < -0.4 is 0 Å². The fourth-order valence-electron chi connectivity index (χ4n) is 3.66. The first-order valence-electron chi connectivity index (χ1n) is 10.2. The number of benzene rings is 1. The molecule has 2 rings (SSSR count). The SMILES string of the molecule is CCCCc1ccc(C#CC=C[C@H]2CC[C@H](CCCC)CC2)c(F)c1. The summed E-state index contributed by atoms with van der Waals surface area (Å²) in [5.41, 5.74) is 1.58. The Hall–Kier alpha value is -1.55. The van der Waals surface area contributed by atoms with Crippen LogP contribution in [-0.4, -0.2) is 0 Å². The summed E-state index contributed by atoms with van der Waals surface area (Å²) >= 11 is 0. The molecule has 1 aliphatic carbocycles. The lowest BCUT2D eigenvalue weighted by atomic mass is 9.80. The first kappa shape index (κ1) is 19.8. The van der Waals surface area contributed by atoms with Gasteiger partial charge in [0.25, 0.3) is 0 Å². The summed E-state index contributed by atoms with van der Waals surface area (Å²) in [5, 5.41) is 0. The fraction of sp³-hybridized carbons (Fsp3) is 0.583. The number of allylic oxidation sites excluding steroid dienone is 2. The van der Waals surface area contributed by atoms with Crippen molar-refractivity contribution in [3.05, 3.63) is 47.3 Å². The van der Waals surface area contributed by atoms with E-state index in [1.54, 1.807) is 6.07 Å². The molecule has 1 heteroatoms. The Morgan fingerprint density at radius 3 is 2.52 bits per heavy atom. The van der Waals surface area contributed by atoms with Gasteiger partial charge in [-0.15, -0.1) is 0 Å². The van der Waals surface area contributed by atoms with E-state index in [-0.39, 0.29) is 5.82 Å². The highest BCUT2D eigenvalue weighted by Gasteiger charge is 2.18. The second-order valence-corrected chi connectivity index (χ2v) is 7.47. The molecular weight excluding hydrogens is 307 g/mol. The van der Waals surface area contributed by atoms with Gasteiger partial charge in [0.2, 0.25) is 0 Å². The van der Waals surface area contributed by atoms with Crippen LogP contribution in [0.1, 0.15) is 82.8 Å². The first-order chi connectivity index (χ1) is 12.2. The summed E-state index contributed by atoms with van der Waals surface area (Å²) in [6, 6.07) is 5.46. The lowest BCUT2D eigenvalue weighted by Crippen LogP contribution is -2.12. The van der Waals surface area contributed by atoms with Gasteiger partial charge < -0.3 is 0 Å². The molecule has 0 aliphatic heterocycles. The van der Waals surface area contributed by atoms with Crippen molar-refractivity contribution in [1.29, 1.82) is 0 Å². The molecule has 1 aromatic carbocycles. The summed E-state index contributed by atoms with van der Waals surface area (Å²) in [6.07, 6.45) is 16.7. The number of hydrogen-bond acceptors (Lipinski definition) is 0. The van der Waals surface area contributed by atoms with E-state index in [9.17, 15) is 4.39 Å². The summed E-state index contributed by atoms with van der Waals surface area (Å²) < 4.78 is 14.1. The molecule has 0 heterocycles. The number of aryl methyl sites for hydroxylation is 1. The molecule has 0 spiro atoms. The van der Waals surface area contributed by atoms with Gasteiger partial charge in [-0.3, -0.25) is 0 Å². The number of hydrogen-bond donors (Lipinski definition) is 0. The third-order valence-corrected chi connectivity index (χ3v) is 5.37. The second-order valence-electron chi connectivity index (χ2n) is 7.47. The van der Waals surface area contributed by atoms with Crippen molar-refractivity contribution in [3.8, 4) is 11.8 Å². The van der Waals surface area contributed by atoms with Crippen LogP contribution in [0.5, 0.6) is 0 Å². The van der Waals surface area contributed by atoms with E-state index in [1.807, 2.05) is 18.2 Å². The Kier molecular flexibility index (Phi) is 8.81. The molecule has 0 bridgehead atoms. The topological polar surface area (TPSA) is 0 Å². The van der Waals surface area contributed by atoms with Crippen LogP contribution >= 0.6 is 0 Å². The van der Waals surface area contributed by atoms with E-state index in [0.717, 1.165) is 30.7 Å². The monoisotopic (exact) mass is 340 g/mol. The van der Waals surface area contributed by atoms with Crippen molar-refractivity contribution in [1.82, 2.24) is 0 Å². The Morgan fingerprint density at radius 1 is 1.08 bits per heavy atom. The molecule has 1 aliphatic rings. The standard InChI is InChI=1S/C24H33F/c1-3-5-9-20-13-15-21(16-14-20)11-7-8-12-23-18-17-22(10-6-4-2)19-24(23)25/h7,11,17-21H,3-6,9-10,13-16H2,1-2H3/t20-,21-. The van der Waals surface area contributed by atoms with Crippen LogP contribution in [0, 0.1) is 29.5 Å². The van der Waals surface area contributed by atoms with E-state index < -0.39 is 0 Å². The highest BCUT2D eigenvalue weighted by atomic mass is 19.1. The Bertz CT molecular complexity index is 594. The first-order valence-corrected chi connectivity index (χ1v) is 10.2. The lowest BCUT2D eigenvalue weighted by Gasteiger charge is -2.26. The average molecular weight is 341 g/mol. The summed E-state index contributed by atoms with van der Waals surface area (Å²) in [4.78, 5) is 0. The van der Waals surface area contributed by atoms with Gasteiger partial charge in [0.15, 0.2) is 0 Å². The average Bonchev–Trinajstić information content (AvgIpc) is 2.64. The van der Waals surface area contributed by atoms with Crippen molar-refractivity contribution in [2.75, 3.05) is 0 Å². The molecule has 136 valence electrons. The summed E-state index contributed by atoms with van der Waals surface area (Å²) in [7, 11) is 0. The predicted octanol–water partition coefficient (Wildman–Crippen LogP) is 7.07. The van der Waals surface area contributed by atoms with Crippen LogP contribution in [0.4, 0.5) is 4.39 Å². The van der Waals surface area contributed by atoms with Crippen molar-refractivity contribution >= 4 is 0 Å². The molecule has 0 radical (unpaired) electrons. The zero-order chi connectivity index (χ0) is 17.9. The normalized spacial score (nSPS) is 20.4. The quantitative estimate of drug-likeness (QED) is 0.465. The molecule has 1 fully saturated rings. The number of rotatable bonds is 7. The van der Waals surface area contributed by atoms with Crippen molar-refractivity contribution in [2.45, 2.75) is 78.1 Å². The molecule has 25 heavy (non-hydrogen) atoms. The zero-order valence-corrected chi connectivity index (χ0v) is 16.0. The molecule has 1 saturated carbocycles. The summed E-state index contributed by atoms with van der Waals surface area (Å²) in [6.45, 7) is 4.43. The van der Waals surface area contributed by atoms with Gasteiger partial charge in [-0.25, -0.2) is 4.39 Å². The molecule has 0 unspecified atom stereocenters. The Balaban J connectivity index is 1.81.